The molecule has 3 N–H and O–H groups in total. The van der Waals surface area contributed by atoms with Crippen molar-refractivity contribution in [3.63, 3.8) is 0 Å². The third kappa shape index (κ3) is 18.2. The molecule has 1 aliphatic rings. The molecule has 0 radical (unpaired) electrons. The second kappa shape index (κ2) is 28.1. The number of nitrogens with one attached hydrogen (secondary N) is 2. The van der Waals surface area contributed by atoms with Gasteiger partial charge in [-0.1, -0.05) is 48.5 Å². The number of hydrogen-bond acceptors (Lipinski definition) is 11. The van der Waals surface area contributed by atoms with Gasteiger partial charge in [0.15, 0.2) is 0 Å². The van der Waals surface area contributed by atoms with E-state index in [4.69, 9.17) is 14.2 Å². The molecule has 0 amide bonds. The monoisotopic (exact) mass is 1090 g/mol. The number of carbonyl (C=O) groups is 1. The molecule has 1 saturated heterocycles. The van der Waals surface area contributed by atoms with Crippen LogP contribution >= 0.6 is 0 Å². The Bertz CT molecular complexity index is 2810. The van der Waals surface area contributed by atoms with Gasteiger partial charge in [0, 0.05) is 55.1 Å². The first-order valence-electron chi connectivity index (χ1n) is 22.9. The van der Waals surface area contributed by atoms with Gasteiger partial charge in [-0.15, -0.1) is 0 Å². The van der Waals surface area contributed by atoms with E-state index in [1.54, 1.807) is 54.4 Å². The third-order valence-electron chi connectivity index (χ3n) is 11.1. The molecule has 0 aliphatic carbocycles. The van der Waals surface area contributed by atoms with Crippen molar-refractivity contribution in [2.45, 2.75) is 105 Å². The Hall–Kier alpha value is -4.44. The smallest absolute Gasteiger partial charge is 1.00 e. The summed E-state index contributed by atoms with van der Waals surface area (Å²) in [4.78, 5) is 10.8. The van der Waals surface area contributed by atoms with Gasteiger partial charge >= 0.3 is 23.1 Å². The Kier molecular flexibility index (Phi) is 24.8. The predicted octanol–water partition coefficient (Wildman–Crippen LogP) is 6.81. The molecule has 19 heteroatoms. The van der Waals surface area contributed by atoms with Crippen molar-refractivity contribution < 1.29 is 57.9 Å². The number of aryl methyl sites for hydroxylation is 2. The summed E-state index contributed by atoms with van der Waals surface area (Å²) in [6.07, 6.45) is 2.81. The van der Waals surface area contributed by atoms with E-state index >= 15 is 0 Å². The van der Waals surface area contributed by atoms with E-state index in [-0.39, 0.29) is 59.0 Å². The molecule has 4 aromatic carbocycles. The molecule has 3 heterocycles. The molecule has 1 atom stereocenters. The largest absolute Gasteiger partial charge is 2.00 e. The van der Waals surface area contributed by atoms with Gasteiger partial charge in [-0.25, -0.2) is 35.6 Å². The van der Waals surface area contributed by atoms with E-state index in [9.17, 15) is 26.7 Å². The Morgan fingerprint density at radius 1 is 0.676 bits per heavy atom. The van der Waals surface area contributed by atoms with Crippen molar-refractivity contribution in [1.82, 2.24) is 29.0 Å². The topological polar surface area (TPSA) is 193 Å². The molecule has 7 rings (SSSR count). The van der Waals surface area contributed by atoms with Crippen LogP contribution < -0.4 is 35.9 Å². The average Bonchev–Trinajstić information content (AvgIpc) is 4.13. The summed E-state index contributed by atoms with van der Waals surface area (Å²) in [5.74, 6) is 2.48. The van der Waals surface area contributed by atoms with Crippen molar-refractivity contribution in [3.8, 4) is 45.8 Å². The molecule has 382 valence electrons. The van der Waals surface area contributed by atoms with Gasteiger partial charge in [0.25, 0.3) is 0 Å². The minimum absolute atomic E-state index is 0. The molecule has 0 bridgehead atoms. The van der Waals surface area contributed by atoms with Crippen molar-refractivity contribution in [2.75, 3.05) is 24.7 Å². The molecule has 0 spiro atoms. The summed E-state index contributed by atoms with van der Waals surface area (Å²) in [5.41, 5.74) is 4.73. The van der Waals surface area contributed by atoms with Crippen LogP contribution in [0.5, 0.6) is 23.3 Å². The molecule has 0 saturated carbocycles. The van der Waals surface area contributed by atoms with Crippen LogP contribution in [0.1, 0.15) is 108 Å². The van der Waals surface area contributed by atoms with E-state index in [1.165, 1.54) is 12.8 Å². The Labute approximate surface area is 448 Å². The molecule has 15 nitrogen and oxygen atoms in total. The first-order chi connectivity index (χ1) is 32.2. The molecule has 1 aliphatic heterocycles. The second-order valence-corrected chi connectivity index (χ2v) is 21.3. The number of rotatable bonds is 18. The zero-order chi connectivity index (χ0) is 49.7. The standard InChI is InChI=1S/C24H31N3O4S.C23H27N3O4S.C4H8O.CH3.BrH.Mg/c1-6-27-23(31-21-13-11-18(12-14-21)17(3)28)16-22(25-27)19-9-8-10-20(15-19)24(4,5)26-32(29,30)7-2;1-5-26-22(30-20-12-10-17(16-27)11-13-20)15-21(24-26)18-8-7-9-19(14-18)23(3,4)25-31(28,29)6-2;1-2-4-5-3-1;;;/h8-17,26,28H,6-7H2,1-5H3;7-16,25H,5-6H2,1-4H3;1-4H2;1H3;1H;/q;;;-1;;+2/p-1. The van der Waals surface area contributed by atoms with Crippen molar-refractivity contribution >= 4 is 49.4 Å². The first-order valence-corrected chi connectivity index (χ1v) is 26.2. The van der Waals surface area contributed by atoms with Crippen molar-refractivity contribution in [2.24, 2.45) is 0 Å². The predicted molar refractivity (Wildman–Crippen MR) is 279 cm³/mol. The number of carbonyl (C=O) groups excluding carboxylic acids is 1. The molecule has 71 heavy (non-hydrogen) atoms. The van der Waals surface area contributed by atoms with Gasteiger partial charge in [-0.3, -0.25) is 4.79 Å². The van der Waals surface area contributed by atoms with Crippen molar-refractivity contribution in [3.05, 3.63) is 139 Å². The maximum atomic E-state index is 12.1. The first kappa shape index (κ1) is 62.7. The minimum Gasteiger partial charge on any atom is -1.00 e. The quantitative estimate of drug-likeness (QED) is 0.0466. The maximum Gasteiger partial charge on any atom is 2.00 e. The number of aliphatic hydroxyl groups is 1. The van der Waals surface area contributed by atoms with E-state index in [0.717, 1.165) is 58.7 Å². The van der Waals surface area contributed by atoms with Crippen LogP contribution in [-0.2, 0) is 49.0 Å². The van der Waals surface area contributed by atoms with Crippen LogP contribution in [0.2, 0.25) is 0 Å². The molecule has 2 aromatic heterocycles. The summed E-state index contributed by atoms with van der Waals surface area (Å²) >= 11 is 0. The number of ether oxygens (including phenoxy) is 3. The van der Waals surface area contributed by atoms with Crippen molar-refractivity contribution in [1.29, 1.82) is 0 Å². The Morgan fingerprint density at radius 3 is 1.39 bits per heavy atom. The summed E-state index contributed by atoms with van der Waals surface area (Å²) in [6, 6.07) is 33.2. The maximum absolute atomic E-state index is 12.1. The fourth-order valence-electron chi connectivity index (χ4n) is 7.05. The number of aromatic nitrogens is 4. The normalized spacial score (nSPS) is 12.9. The summed E-state index contributed by atoms with van der Waals surface area (Å²) in [5, 5.41) is 19.0. The number of hydrogen-bond donors (Lipinski definition) is 3. The van der Waals surface area contributed by atoms with E-state index < -0.39 is 37.2 Å². The summed E-state index contributed by atoms with van der Waals surface area (Å²) in [7, 11) is -6.72. The van der Waals surface area contributed by atoms with E-state index in [1.807, 2.05) is 126 Å². The van der Waals surface area contributed by atoms with Crippen LogP contribution in [0.3, 0.4) is 0 Å². The van der Waals surface area contributed by atoms with Gasteiger partial charge in [-0.2, -0.15) is 10.2 Å². The minimum atomic E-state index is -3.36. The van der Waals surface area contributed by atoms with Gasteiger partial charge in [0.2, 0.25) is 31.8 Å². The van der Waals surface area contributed by atoms with Gasteiger partial charge in [0.05, 0.1) is 40.1 Å². The number of nitrogens with zero attached hydrogens (tertiary/aromatic N) is 4. The fraction of sp³-hybridized carbons (Fsp3) is 0.385. The number of aliphatic hydroxyl groups excluding tert-OH is 1. The summed E-state index contributed by atoms with van der Waals surface area (Å²) in [6.45, 7) is 19.5. The Balaban J connectivity index is 0.000000425. The molecule has 1 fully saturated rings. The third-order valence-corrected chi connectivity index (χ3v) is 14.2. The zero-order valence-corrected chi connectivity index (χ0v) is 47.2. The fourth-order valence-corrected chi connectivity index (χ4v) is 9.13. The average molecular weight is 1090 g/mol. The SMILES string of the molecule is C1CCOC1.CCn1nc(-c2cccc(C(C)(C)NS(=O)(=O)CC)c2)cc1Oc1ccc(C(C)O)cc1.CCn1nc(-c2cccc(C(C)(C)NS(=O)(=O)CC)c2)cc1Oc1ccc(C=O)cc1.[Br-].[CH3-].[Mg+2]. The van der Waals surface area contributed by atoms with E-state index in [2.05, 4.69) is 19.6 Å². The summed E-state index contributed by atoms with van der Waals surface area (Å²) < 4.78 is 74.4. The number of aldehydes is 1. The second-order valence-electron chi connectivity index (χ2n) is 17.2. The van der Waals surface area contributed by atoms with Gasteiger partial charge in [-0.05, 0) is 140 Å². The van der Waals surface area contributed by atoms with Crippen LogP contribution in [0.4, 0.5) is 0 Å². The zero-order valence-electron chi connectivity index (χ0n) is 42.6. The van der Waals surface area contributed by atoms with Crippen LogP contribution in [0, 0.1) is 7.43 Å². The van der Waals surface area contributed by atoms with Gasteiger partial charge < -0.3 is 43.7 Å². The van der Waals surface area contributed by atoms with Gasteiger partial charge in [0.1, 0.15) is 17.8 Å². The van der Waals surface area contributed by atoms with Crippen LogP contribution in [-0.4, -0.2) is 95.6 Å². The molecule has 6 aromatic rings. The Morgan fingerprint density at radius 2 is 1.07 bits per heavy atom. The van der Waals surface area contributed by atoms with E-state index in [0.29, 0.717) is 41.9 Å². The number of halogens is 1. The molecule has 1 unspecified atom stereocenters. The molecular formula is C52H69BrMgN6O9S2. The number of sulfonamides is 2. The van der Waals surface area contributed by atoms with Crippen LogP contribution in [0.25, 0.3) is 22.5 Å². The number of benzene rings is 4. The van der Waals surface area contributed by atoms with Crippen LogP contribution in [0.15, 0.2) is 109 Å². The molecular weight excluding hydrogens is 1020 g/mol.